The van der Waals surface area contributed by atoms with E-state index in [4.69, 9.17) is 0 Å². The molecule has 0 bridgehead atoms. The number of amides is 2. The molecule has 0 radical (unpaired) electrons. The van der Waals surface area contributed by atoms with Crippen molar-refractivity contribution in [2.24, 2.45) is 0 Å². The summed E-state index contributed by atoms with van der Waals surface area (Å²) in [7, 11) is 0. The molecule has 96 valence electrons. The van der Waals surface area contributed by atoms with Crippen LogP contribution in [0.1, 0.15) is 38.5 Å². The number of carbonyl (C=O) groups excluding carboxylic acids is 1. The van der Waals surface area contributed by atoms with Crippen LogP contribution in [0.4, 0.5) is 4.79 Å². The van der Waals surface area contributed by atoms with Gasteiger partial charge in [0.1, 0.15) is 0 Å². The fourth-order valence-corrected chi connectivity index (χ4v) is 3.58. The fourth-order valence-electron chi connectivity index (χ4n) is 3.58. The lowest BCUT2D eigenvalue weighted by Crippen LogP contribution is -2.46. The van der Waals surface area contributed by atoms with Gasteiger partial charge in [-0.3, -0.25) is 0 Å². The lowest BCUT2D eigenvalue weighted by molar-refractivity contribution is 0.156. The van der Waals surface area contributed by atoms with Gasteiger partial charge in [0.05, 0.1) is 0 Å². The van der Waals surface area contributed by atoms with E-state index in [1.54, 1.807) is 0 Å². The van der Waals surface area contributed by atoms with Gasteiger partial charge in [-0.15, -0.1) is 0 Å². The molecule has 3 fully saturated rings. The molecular formula is C13H23N3O. The van der Waals surface area contributed by atoms with Crippen molar-refractivity contribution in [3.8, 4) is 0 Å². The van der Waals surface area contributed by atoms with Crippen molar-refractivity contribution >= 4 is 6.03 Å². The summed E-state index contributed by atoms with van der Waals surface area (Å²) < 4.78 is 0. The number of urea groups is 1. The average molecular weight is 237 g/mol. The molecule has 1 aliphatic carbocycles. The Kier molecular flexibility index (Phi) is 3.23. The number of carbonyl (C=O) groups is 1. The maximum Gasteiger partial charge on any atom is 0.320 e. The zero-order valence-corrected chi connectivity index (χ0v) is 10.5. The second-order valence-electron chi connectivity index (χ2n) is 5.59. The highest BCUT2D eigenvalue weighted by molar-refractivity contribution is 5.77. The molecule has 1 N–H and O–H groups in total. The molecule has 4 heteroatoms. The highest BCUT2D eigenvalue weighted by atomic mass is 16.2. The number of rotatable bonds is 2. The molecule has 4 nitrogen and oxygen atoms in total. The van der Waals surface area contributed by atoms with Crippen molar-refractivity contribution < 1.29 is 4.79 Å². The molecule has 2 aliphatic heterocycles. The molecule has 17 heavy (non-hydrogen) atoms. The minimum absolute atomic E-state index is 0.323. The van der Waals surface area contributed by atoms with Crippen LogP contribution in [0, 0.1) is 0 Å². The van der Waals surface area contributed by atoms with Gasteiger partial charge < -0.3 is 15.1 Å². The van der Waals surface area contributed by atoms with Gasteiger partial charge in [-0.25, -0.2) is 4.79 Å². The molecule has 2 saturated heterocycles. The average Bonchev–Trinajstić information content (AvgIpc) is 2.99. The van der Waals surface area contributed by atoms with E-state index in [2.05, 4.69) is 15.1 Å². The monoisotopic (exact) mass is 237 g/mol. The van der Waals surface area contributed by atoms with Gasteiger partial charge in [0.25, 0.3) is 0 Å². The van der Waals surface area contributed by atoms with Crippen LogP contribution in [0.5, 0.6) is 0 Å². The maximum absolute atomic E-state index is 12.4. The second-order valence-corrected chi connectivity index (χ2v) is 5.59. The van der Waals surface area contributed by atoms with Crippen molar-refractivity contribution in [2.75, 3.05) is 26.2 Å². The van der Waals surface area contributed by atoms with E-state index in [1.807, 2.05) is 0 Å². The first-order valence-electron chi connectivity index (χ1n) is 7.14. The predicted octanol–water partition coefficient (Wildman–Crippen LogP) is 1.42. The number of hydrogen-bond acceptors (Lipinski definition) is 2. The Morgan fingerprint density at radius 2 is 1.41 bits per heavy atom. The van der Waals surface area contributed by atoms with Crippen LogP contribution < -0.4 is 5.32 Å². The largest absolute Gasteiger partial charge is 0.320 e. The highest BCUT2D eigenvalue weighted by Gasteiger charge is 2.38. The van der Waals surface area contributed by atoms with Crippen molar-refractivity contribution in [3.05, 3.63) is 0 Å². The van der Waals surface area contributed by atoms with Crippen LogP contribution in [0.15, 0.2) is 0 Å². The third-order valence-corrected chi connectivity index (χ3v) is 4.59. The smallest absolute Gasteiger partial charge is 0.320 e. The van der Waals surface area contributed by atoms with Crippen molar-refractivity contribution in [2.45, 2.75) is 50.6 Å². The van der Waals surface area contributed by atoms with Crippen molar-refractivity contribution in [1.82, 2.24) is 15.1 Å². The summed E-state index contributed by atoms with van der Waals surface area (Å²) in [4.78, 5) is 16.7. The van der Waals surface area contributed by atoms with Crippen LogP contribution in [0.3, 0.4) is 0 Å². The molecule has 2 heterocycles. The first-order valence-corrected chi connectivity index (χ1v) is 7.14. The van der Waals surface area contributed by atoms with Crippen LogP contribution in [-0.4, -0.2) is 54.1 Å². The normalized spacial score (nSPS) is 28.4. The van der Waals surface area contributed by atoms with Gasteiger partial charge in [0.2, 0.25) is 0 Å². The molecule has 3 rings (SSSR count). The zero-order chi connectivity index (χ0) is 11.7. The van der Waals surface area contributed by atoms with Crippen LogP contribution in [0.2, 0.25) is 0 Å². The summed E-state index contributed by atoms with van der Waals surface area (Å²) in [6.07, 6.45) is 7.33. The molecule has 0 aromatic rings. The molecule has 1 saturated carbocycles. The maximum atomic E-state index is 12.4. The summed E-state index contributed by atoms with van der Waals surface area (Å²) in [5, 5.41) is 3.37. The Hall–Kier alpha value is -0.770. The van der Waals surface area contributed by atoms with Gasteiger partial charge in [0.15, 0.2) is 0 Å². The minimum Gasteiger partial charge on any atom is -0.320 e. The first-order chi connectivity index (χ1) is 8.36. The van der Waals surface area contributed by atoms with E-state index in [9.17, 15) is 4.79 Å². The van der Waals surface area contributed by atoms with E-state index in [1.165, 1.54) is 25.7 Å². The molecular weight excluding hydrogens is 214 g/mol. The second kappa shape index (κ2) is 4.84. The molecule has 0 aromatic heterocycles. The van der Waals surface area contributed by atoms with Gasteiger partial charge in [-0.05, 0) is 38.8 Å². The Bertz CT molecular complexity index is 282. The summed E-state index contributed by atoms with van der Waals surface area (Å²) >= 11 is 0. The Balaban J connectivity index is 1.62. The fraction of sp³-hybridized carbons (Fsp3) is 0.923. The Labute approximate surface area is 103 Å². The SMILES string of the molecule is O=C1N(C2CCCC2)CCN1C1CCNCC1. The highest BCUT2D eigenvalue weighted by Crippen LogP contribution is 2.28. The molecule has 0 atom stereocenters. The molecule has 2 amide bonds. The molecule has 0 unspecified atom stereocenters. The van der Waals surface area contributed by atoms with Gasteiger partial charge in [-0.2, -0.15) is 0 Å². The Morgan fingerprint density at radius 1 is 0.882 bits per heavy atom. The summed E-state index contributed by atoms with van der Waals surface area (Å²) in [6, 6.07) is 1.37. The topological polar surface area (TPSA) is 35.6 Å². The van der Waals surface area contributed by atoms with Crippen molar-refractivity contribution in [3.63, 3.8) is 0 Å². The van der Waals surface area contributed by atoms with Crippen LogP contribution in [-0.2, 0) is 0 Å². The van der Waals surface area contributed by atoms with E-state index in [0.29, 0.717) is 18.1 Å². The summed E-state index contributed by atoms with van der Waals surface area (Å²) in [6.45, 7) is 4.06. The van der Waals surface area contributed by atoms with E-state index in [-0.39, 0.29) is 0 Å². The number of hydrogen-bond donors (Lipinski definition) is 1. The molecule has 3 aliphatic rings. The summed E-state index contributed by atoms with van der Waals surface area (Å²) in [5.41, 5.74) is 0. The van der Waals surface area contributed by atoms with Gasteiger partial charge in [0, 0.05) is 25.2 Å². The third kappa shape index (κ3) is 2.15. The van der Waals surface area contributed by atoms with Gasteiger partial charge in [-0.1, -0.05) is 12.8 Å². The van der Waals surface area contributed by atoms with E-state index >= 15 is 0 Å². The van der Waals surface area contributed by atoms with Gasteiger partial charge >= 0.3 is 6.03 Å². The number of nitrogens with one attached hydrogen (secondary N) is 1. The van der Waals surface area contributed by atoms with Crippen molar-refractivity contribution in [1.29, 1.82) is 0 Å². The molecule has 0 aromatic carbocycles. The Morgan fingerprint density at radius 3 is 2.00 bits per heavy atom. The zero-order valence-electron chi connectivity index (χ0n) is 10.5. The molecule has 0 spiro atoms. The number of piperidine rings is 1. The standard InChI is InChI=1S/C13H23N3O/c17-13-15(11-3-1-2-4-11)9-10-16(13)12-5-7-14-8-6-12/h11-12,14H,1-10H2. The first kappa shape index (κ1) is 11.3. The quantitative estimate of drug-likeness (QED) is 0.788. The van der Waals surface area contributed by atoms with Crippen LogP contribution >= 0.6 is 0 Å². The van der Waals surface area contributed by atoms with Crippen LogP contribution in [0.25, 0.3) is 0 Å². The third-order valence-electron chi connectivity index (χ3n) is 4.59. The minimum atomic E-state index is 0.323. The van der Waals surface area contributed by atoms with E-state index in [0.717, 1.165) is 39.0 Å². The lowest BCUT2D eigenvalue weighted by atomic mass is 10.1. The number of nitrogens with zero attached hydrogens (tertiary/aromatic N) is 2. The summed E-state index contributed by atoms with van der Waals surface area (Å²) in [5.74, 6) is 0. The van der Waals surface area contributed by atoms with E-state index < -0.39 is 0 Å². The lowest BCUT2D eigenvalue weighted by Gasteiger charge is -2.32. The predicted molar refractivity (Wildman–Crippen MR) is 67.0 cm³/mol.